The third-order valence-electron chi connectivity index (χ3n) is 5.50. The van der Waals surface area contributed by atoms with Crippen LogP contribution in [0, 0.1) is 5.41 Å². The maximum absolute atomic E-state index is 13.4. The van der Waals surface area contributed by atoms with E-state index < -0.39 is 20.5 Å². The largest absolute Gasteiger partial charge is 0.454 e. The van der Waals surface area contributed by atoms with E-state index in [9.17, 15) is 8.42 Å². The SMILES string of the molecule is CCOC[C@@]1(CN)[C@@H](c2ccc3c(c2)OCO3)[C@@H]1S(=O)(=O)c1ccccc1. The predicted octanol–water partition coefficient (Wildman–Crippen LogP) is 2.34. The highest BCUT2D eigenvalue weighted by Crippen LogP contribution is 2.64. The summed E-state index contributed by atoms with van der Waals surface area (Å²) in [5.74, 6) is 1.05. The normalized spacial score (nSPS) is 26.1. The molecule has 1 aliphatic carbocycles. The van der Waals surface area contributed by atoms with Crippen molar-refractivity contribution in [2.45, 2.75) is 23.0 Å². The molecule has 3 atom stereocenters. The van der Waals surface area contributed by atoms with Crippen LogP contribution in [-0.4, -0.2) is 40.2 Å². The maximum Gasteiger partial charge on any atom is 0.231 e. The first-order valence-electron chi connectivity index (χ1n) is 9.01. The highest BCUT2D eigenvalue weighted by molar-refractivity contribution is 7.92. The van der Waals surface area contributed by atoms with Crippen molar-refractivity contribution in [2.75, 3.05) is 26.6 Å². The van der Waals surface area contributed by atoms with Gasteiger partial charge in [0.15, 0.2) is 21.3 Å². The van der Waals surface area contributed by atoms with E-state index in [2.05, 4.69) is 0 Å². The van der Waals surface area contributed by atoms with Crippen molar-refractivity contribution in [1.29, 1.82) is 0 Å². The Kier molecular flexibility index (Phi) is 4.61. The molecule has 0 aromatic heterocycles. The lowest BCUT2D eigenvalue weighted by Gasteiger charge is -2.16. The monoisotopic (exact) mass is 389 g/mol. The standard InChI is InChI=1S/C20H23NO5S/c1-2-24-12-20(11-21)18(14-8-9-16-17(10-14)26-13-25-16)19(20)27(22,23)15-6-4-3-5-7-15/h3-10,18-19H,2,11-13,21H2,1H3/t18-,19-,20-/m0/s1. The summed E-state index contributed by atoms with van der Waals surface area (Å²) in [6.45, 7) is 3.10. The van der Waals surface area contributed by atoms with Gasteiger partial charge in [0.25, 0.3) is 0 Å². The molecular weight excluding hydrogens is 366 g/mol. The first-order valence-corrected chi connectivity index (χ1v) is 10.6. The Balaban J connectivity index is 1.76. The lowest BCUT2D eigenvalue weighted by molar-refractivity contribution is 0.101. The number of hydrogen-bond donors (Lipinski definition) is 1. The van der Waals surface area contributed by atoms with Crippen LogP contribution in [-0.2, 0) is 14.6 Å². The van der Waals surface area contributed by atoms with Gasteiger partial charge in [-0.05, 0) is 36.8 Å². The number of hydrogen-bond acceptors (Lipinski definition) is 6. The van der Waals surface area contributed by atoms with Crippen LogP contribution in [0.5, 0.6) is 11.5 Å². The molecule has 2 aliphatic rings. The van der Waals surface area contributed by atoms with Gasteiger partial charge in [0.1, 0.15) is 0 Å². The molecule has 0 radical (unpaired) electrons. The van der Waals surface area contributed by atoms with Gasteiger partial charge in [-0.1, -0.05) is 24.3 Å². The molecule has 1 fully saturated rings. The van der Waals surface area contributed by atoms with Crippen LogP contribution in [0.3, 0.4) is 0 Å². The van der Waals surface area contributed by atoms with E-state index >= 15 is 0 Å². The van der Waals surface area contributed by atoms with Crippen molar-refractivity contribution in [3.63, 3.8) is 0 Å². The molecule has 27 heavy (non-hydrogen) atoms. The summed E-state index contributed by atoms with van der Waals surface area (Å²) in [7, 11) is -3.56. The molecule has 0 unspecified atom stereocenters. The zero-order valence-corrected chi connectivity index (χ0v) is 15.9. The fourth-order valence-electron chi connectivity index (χ4n) is 4.08. The highest BCUT2D eigenvalue weighted by Gasteiger charge is 2.70. The zero-order chi connectivity index (χ0) is 19.1. The first-order chi connectivity index (χ1) is 13.0. The highest BCUT2D eigenvalue weighted by atomic mass is 32.2. The fraction of sp³-hybridized carbons (Fsp3) is 0.400. The molecule has 4 rings (SSSR count). The van der Waals surface area contributed by atoms with Crippen molar-refractivity contribution in [2.24, 2.45) is 11.1 Å². The van der Waals surface area contributed by atoms with Crippen molar-refractivity contribution < 1.29 is 22.6 Å². The number of nitrogens with two attached hydrogens (primary N) is 1. The fourth-order valence-corrected chi connectivity index (χ4v) is 6.54. The molecule has 6 nitrogen and oxygen atoms in total. The van der Waals surface area contributed by atoms with Crippen molar-refractivity contribution in [1.82, 2.24) is 0 Å². The van der Waals surface area contributed by atoms with Crippen molar-refractivity contribution >= 4 is 9.84 Å². The molecule has 2 aromatic rings. The molecule has 0 saturated heterocycles. The second-order valence-corrected chi connectivity index (χ2v) is 9.01. The Morgan fingerprint density at radius 2 is 1.89 bits per heavy atom. The quantitative estimate of drug-likeness (QED) is 0.782. The molecule has 0 bridgehead atoms. The topological polar surface area (TPSA) is 87.8 Å². The molecule has 144 valence electrons. The molecule has 0 spiro atoms. The summed E-state index contributed by atoms with van der Waals surface area (Å²) in [6, 6.07) is 14.1. The van der Waals surface area contributed by atoms with Crippen LogP contribution >= 0.6 is 0 Å². The van der Waals surface area contributed by atoms with Gasteiger partial charge < -0.3 is 19.9 Å². The zero-order valence-electron chi connectivity index (χ0n) is 15.1. The summed E-state index contributed by atoms with van der Waals surface area (Å²) < 4.78 is 43.3. The predicted molar refractivity (Wildman–Crippen MR) is 101 cm³/mol. The number of rotatable bonds is 7. The second kappa shape index (κ2) is 6.82. The smallest absolute Gasteiger partial charge is 0.231 e. The molecule has 7 heteroatoms. The lowest BCUT2D eigenvalue weighted by Crippen LogP contribution is -2.29. The Morgan fingerprint density at radius 3 is 2.59 bits per heavy atom. The van der Waals surface area contributed by atoms with E-state index in [0.717, 1.165) is 5.56 Å². The van der Waals surface area contributed by atoms with Gasteiger partial charge >= 0.3 is 0 Å². The van der Waals surface area contributed by atoms with Gasteiger partial charge in [0.2, 0.25) is 6.79 Å². The number of ether oxygens (including phenoxy) is 3. The molecule has 1 aliphatic heterocycles. The van der Waals surface area contributed by atoms with E-state index in [0.29, 0.717) is 29.6 Å². The van der Waals surface area contributed by atoms with E-state index in [1.165, 1.54) is 0 Å². The van der Waals surface area contributed by atoms with Crippen LogP contribution in [0.2, 0.25) is 0 Å². The Labute approximate surface area is 159 Å². The molecule has 1 saturated carbocycles. The van der Waals surface area contributed by atoms with Crippen LogP contribution in [0.15, 0.2) is 53.4 Å². The van der Waals surface area contributed by atoms with E-state index in [1.807, 2.05) is 25.1 Å². The van der Waals surface area contributed by atoms with Crippen LogP contribution < -0.4 is 15.2 Å². The molecular formula is C20H23NO5S. The number of fused-ring (bicyclic) bond motifs is 1. The second-order valence-electron chi connectivity index (χ2n) is 6.94. The molecule has 1 heterocycles. The minimum absolute atomic E-state index is 0.177. The van der Waals surface area contributed by atoms with Crippen molar-refractivity contribution in [3.8, 4) is 11.5 Å². The Bertz CT molecular complexity index is 931. The third-order valence-corrected chi connectivity index (χ3v) is 7.84. The lowest BCUT2D eigenvalue weighted by atomic mass is 9.99. The molecule has 0 amide bonds. The van der Waals surface area contributed by atoms with Gasteiger partial charge in [-0.2, -0.15) is 0 Å². The molecule has 2 aromatic carbocycles. The van der Waals surface area contributed by atoms with E-state index in [-0.39, 0.29) is 19.3 Å². The average molecular weight is 389 g/mol. The average Bonchev–Trinajstić information content (AvgIpc) is 3.15. The van der Waals surface area contributed by atoms with Crippen LogP contribution in [0.1, 0.15) is 18.4 Å². The van der Waals surface area contributed by atoms with Gasteiger partial charge in [-0.3, -0.25) is 0 Å². The summed E-state index contributed by atoms with van der Waals surface area (Å²) in [5, 5.41) is -0.635. The van der Waals surface area contributed by atoms with Crippen molar-refractivity contribution in [3.05, 3.63) is 54.1 Å². The minimum atomic E-state index is -3.56. The maximum atomic E-state index is 13.4. The van der Waals surface area contributed by atoms with Gasteiger partial charge in [-0.25, -0.2) is 8.42 Å². The first kappa shape index (κ1) is 18.3. The van der Waals surface area contributed by atoms with E-state index in [1.54, 1.807) is 30.3 Å². The molecule has 2 N–H and O–H groups in total. The Hall–Kier alpha value is -2.09. The van der Waals surface area contributed by atoms with Gasteiger partial charge in [0, 0.05) is 24.5 Å². The third kappa shape index (κ3) is 2.90. The summed E-state index contributed by atoms with van der Waals surface area (Å²) in [6.07, 6.45) is 0. The van der Waals surface area contributed by atoms with E-state index in [4.69, 9.17) is 19.9 Å². The summed E-state index contributed by atoms with van der Waals surface area (Å²) in [5.41, 5.74) is 6.34. The number of benzene rings is 2. The van der Waals surface area contributed by atoms with Gasteiger partial charge in [-0.15, -0.1) is 0 Å². The van der Waals surface area contributed by atoms with Gasteiger partial charge in [0.05, 0.1) is 16.8 Å². The Morgan fingerprint density at radius 1 is 1.15 bits per heavy atom. The van der Waals surface area contributed by atoms with Crippen LogP contribution in [0.4, 0.5) is 0 Å². The number of sulfone groups is 1. The summed E-state index contributed by atoms with van der Waals surface area (Å²) >= 11 is 0. The van der Waals surface area contributed by atoms with Crippen LogP contribution in [0.25, 0.3) is 0 Å². The summed E-state index contributed by atoms with van der Waals surface area (Å²) in [4.78, 5) is 0.313. The minimum Gasteiger partial charge on any atom is -0.454 e.